The molecular formula is C21H23N5O2S2. The number of imidazole rings is 1. The monoisotopic (exact) mass is 441 g/mol. The van der Waals surface area contributed by atoms with E-state index in [1.165, 1.54) is 16.6 Å². The molecule has 0 fully saturated rings. The van der Waals surface area contributed by atoms with Crippen LogP contribution >= 0.6 is 23.1 Å². The summed E-state index contributed by atoms with van der Waals surface area (Å²) < 4.78 is 1.85. The van der Waals surface area contributed by atoms with E-state index in [1.807, 2.05) is 17.8 Å². The van der Waals surface area contributed by atoms with Crippen molar-refractivity contribution < 1.29 is 9.59 Å². The van der Waals surface area contributed by atoms with Crippen molar-refractivity contribution in [3.8, 4) is 0 Å². The summed E-state index contributed by atoms with van der Waals surface area (Å²) in [6, 6.07) is 7.00. The first-order valence-electron chi connectivity index (χ1n) is 9.78. The molecule has 0 aliphatic heterocycles. The molecule has 0 unspecified atom stereocenters. The van der Waals surface area contributed by atoms with Gasteiger partial charge in [-0.1, -0.05) is 30.8 Å². The molecule has 2 N–H and O–H groups in total. The van der Waals surface area contributed by atoms with Gasteiger partial charge in [0.1, 0.15) is 0 Å². The Hall–Kier alpha value is -2.65. The van der Waals surface area contributed by atoms with Crippen LogP contribution in [0.5, 0.6) is 0 Å². The molecule has 0 spiro atoms. The SMILES string of the molecule is C[C@H]1CCc2nc(NC(=O)c3ccccc3NC(=O)CSc3nccn3C)sc2C1. The highest BCUT2D eigenvalue weighted by Gasteiger charge is 2.21. The molecule has 1 atom stereocenters. The third-order valence-electron chi connectivity index (χ3n) is 4.96. The van der Waals surface area contributed by atoms with E-state index in [9.17, 15) is 9.59 Å². The zero-order chi connectivity index (χ0) is 21.1. The molecule has 9 heteroatoms. The fourth-order valence-corrected chi connectivity index (χ4v) is 5.25. The maximum atomic E-state index is 12.9. The van der Waals surface area contributed by atoms with E-state index in [0.717, 1.165) is 30.1 Å². The van der Waals surface area contributed by atoms with Crippen molar-refractivity contribution in [2.45, 2.75) is 31.3 Å². The number of anilines is 2. The van der Waals surface area contributed by atoms with E-state index in [1.54, 1.807) is 41.8 Å². The van der Waals surface area contributed by atoms with Gasteiger partial charge in [0.2, 0.25) is 5.91 Å². The van der Waals surface area contributed by atoms with Crippen LogP contribution in [-0.4, -0.2) is 32.1 Å². The fraction of sp³-hybridized carbons (Fsp3) is 0.333. The van der Waals surface area contributed by atoms with E-state index in [-0.39, 0.29) is 17.6 Å². The van der Waals surface area contributed by atoms with Gasteiger partial charge in [-0.3, -0.25) is 14.9 Å². The number of hydrogen-bond acceptors (Lipinski definition) is 6. The van der Waals surface area contributed by atoms with E-state index < -0.39 is 0 Å². The van der Waals surface area contributed by atoms with Crippen molar-refractivity contribution in [1.82, 2.24) is 14.5 Å². The zero-order valence-electron chi connectivity index (χ0n) is 16.8. The Morgan fingerprint density at radius 1 is 1.30 bits per heavy atom. The molecule has 0 saturated carbocycles. The Labute approximate surface area is 183 Å². The standard InChI is InChI=1S/C21H23N5O2S2/c1-13-7-8-16-17(11-13)30-20(24-16)25-19(28)14-5-3-4-6-15(14)23-18(27)12-29-21-22-9-10-26(21)2/h3-6,9-10,13H,7-8,11-12H2,1-2H3,(H,23,27)(H,24,25,28)/t13-/m0/s1. The summed E-state index contributed by atoms with van der Waals surface area (Å²) in [5, 5.41) is 7.12. The van der Waals surface area contributed by atoms with Crippen molar-refractivity contribution in [3.05, 3.63) is 52.8 Å². The van der Waals surface area contributed by atoms with Gasteiger partial charge >= 0.3 is 0 Å². The molecule has 3 aromatic rings. The molecule has 2 aromatic heterocycles. The zero-order valence-corrected chi connectivity index (χ0v) is 18.5. The topological polar surface area (TPSA) is 88.9 Å². The summed E-state index contributed by atoms with van der Waals surface area (Å²) in [7, 11) is 1.88. The van der Waals surface area contributed by atoms with Crippen LogP contribution in [0, 0.1) is 5.92 Å². The minimum atomic E-state index is -0.276. The summed E-state index contributed by atoms with van der Waals surface area (Å²) in [6.07, 6.45) is 6.63. The largest absolute Gasteiger partial charge is 0.329 e. The number of nitrogens with zero attached hydrogens (tertiary/aromatic N) is 3. The van der Waals surface area contributed by atoms with Gasteiger partial charge in [-0.05, 0) is 37.3 Å². The number of thioether (sulfide) groups is 1. The third kappa shape index (κ3) is 4.73. The summed E-state index contributed by atoms with van der Waals surface area (Å²) in [6.45, 7) is 2.24. The van der Waals surface area contributed by atoms with Gasteiger partial charge in [-0.25, -0.2) is 9.97 Å². The van der Waals surface area contributed by atoms with Gasteiger partial charge in [0.15, 0.2) is 10.3 Å². The smallest absolute Gasteiger partial charge is 0.259 e. The Bertz CT molecular complexity index is 1080. The van der Waals surface area contributed by atoms with Crippen LogP contribution in [0.3, 0.4) is 0 Å². The van der Waals surface area contributed by atoms with Crippen LogP contribution in [0.1, 0.15) is 34.3 Å². The van der Waals surface area contributed by atoms with Crippen LogP contribution < -0.4 is 10.6 Å². The molecule has 1 aliphatic carbocycles. The number of hydrogen-bond donors (Lipinski definition) is 2. The van der Waals surface area contributed by atoms with E-state index >= 15 is 0 Å². The first-order chi connectivity index (χ1) is 14.5. The Balaban J connectivity index is 1.41. The highest BCUT2D eigenvalue weighted by Crippen LogP contribution is 2.32. The molecule has 0 bridgehead atoms. The lowest BCUT2D eigenvalue weighted by atomic mass is 9.93. The van der Waals surface area contributed by atoms with Gasteiger partial charge in [0.25, 0.3) is 5.91 Å². The molecule has 1 aromatic carbocycles. The van der Waals surface area contributed by atoms with Crippen molar-refractivity contribution in [1.29, 1.82) is 0 Å². The summed E-state index contributed by atoms with van der Waals surface area (Å²) in [4.78, 5) is 35.3. The van der Waals surface area contributed by atoms with Crippen molar-refractivity contribution in [2.75, 3.05) is 16.4 Å². The predicted octanol–water partition coefficient (Wildman–Crippen LogP) is 3.98. The van der Waals surface area contributed by atoms with Gasteiger partial charge < -0.3 is 9.88 Å². The van der Waals surface area contributed by atoms with Crippen LogP contribution in [0.25, 0.3) is 0 Å². The van der Waals surface area contributed by atoms with Crippen LogP contribution in [0.2, 0.25) is 0 Å². The molecule has 2 amide bonds. The normalized spacial score (nSPS) is 15.5. The van der Waals surface area contributed by atoms with Crippen molar-refractivity contribution >= 4 is 45.7 Å². The van der Waals surface area contributed by atoms with Gasteiger partial charge in [0.05, 0.1) is 22.7 Å². The Morgan fingerprint density at radius 2 is 2.13 bits per heavy atom. The summed E-state index contributed by atoms with van der Waals surface area (Å²) in [5.74, 6) is 0.392. The van der Waals surface area contributed by atoms with E-state index in [2.05, 4.69) is 27.5 Å². The average molecular weight is 442 g/mol. The lowest BCUT2D eigenvalue weighted by molar-refractivity contribution is -0.113. The van der Waals surface area contributed by atoms with E-state index in [4.69, 9.17) is 0 Å². The molecule has 0 radical (unpaired) electrons. The minimum absolute atomic E-state index is 0.193. The number of nitrogens with one attached hydrogen (secondary N) is 2. The number of fused-ring (bicyclic) bond motifs is 1. The first kappa shape index (κ1) is 20.6. The molecule has 156 valence electrons. The fourth-order valence-electron chi connectivity index (χ4n) is 3.36. The quantitative estimate of drug-likeness (QED) is 0.565. The Morgan fingerprint density at radius 3 is 2.93 bits per heavy atom. The molecule has 0 saturated heterocycles. The number of carbonyl (C=O) groups excluding carboxylic acids is 2. The van der Waals surface area contributed by atoms with Crippen molar-refractivity contribution in [2.24, 2.45) is 13.0 Å². The maximum Gasteiger partial charge on any atom is 0.259 e. The number of benzene rings is 1. The second kappa shape index (κ2) is 9.01. The highest BCUT2D eigenvalue weighted by molar-refractivity contribution is 7.99. The first-order valence-corrected chi connectivity index (χ1v) is 11.6. The number of amides is 2. The van der Waals surface area contributed by atoms with Crippen LogP contribution in [-0.2, 0) is 24.7 Å². The number of para-hydroxylation sites is 1. The Kier molecular flexibility index (Phi) is 6.19. The summed E-state index contributed by atoms with van der Waals surface area (Å²) >= 11 is 2.89. The molecule has 7 nitrogen and oxygen atoms in total. The molecular weight excluding hydrogens is 418 g/mol. The van der Waals surface area contributed by atoms with Gasteiger partial charge in [0, 0.05) is 24.3 Å². The lowest BCUT2D eigenvalue weighted by Crippen LogP contribution is -2.19. The average Bonchev–Trinajstić information content (AvgIpc) is 3.31. The number of thiazole rings is 1. The molecule has 30 heavy (non-hydrogen) atoms. The molecule has 4 rings (SSSR count). The number of aromatic nitrogens is 3. The third-order valence-corrected chi connectivity index (χ3v) is 7.06. The second-order valence-electron chi connectivity index (χ2n) is 7.39. The molecule has 2 heterocycles. The van der Waals surface area contributed by atoms with E-state index in [0.29, 0.717) is 22.3 Å². The van der Waals surface area contributed by atoms with Gasteiger partial charge in [-0.2, -0.15) is 0 Å². The number of aryl methyl sites for hydroxylation is 2. The highest BCUT2D eigenvalue weighted by atomic mass is 32.2. The lowest BCUT2D eigenvalue weighted by Gasteiger charge is -2.15. The second-order valence-corrected chi connectivity index (χ2v) is 9.42. The van der Waals surface area contributed by atoms with Crippen LogP contribution in [0.4, 0.5) is 10.8 Å². The van der Waals surface area contributed by atoms with Crippen LogP contribution in [0.15, 0.2) is 41.8 Å². The number of rotatable bonds is 6. The van der Waals surface area contributed by atoms with Gasteiger partial charge in [-0.15, -0.1) is 11.3 Å². The molecule has 1 aliphatic rings. The van der Waals surface area contributed by atoms with Crippen molar-refractivity contribution in [3.63, 3.8) is 0 Å². The predicted molar refractivity (Wildman–Crippen MR) is 120 cm³/mol. The maximum absolute atomic E-state index is 12.9. The summed E-state index contributed by atoms with van der Waals surface area (Å²) in [5.41, 5.74) is 1.99. The minimum Gasteiger partial charge on any atom is -0.329 e. The number of carbonyl (C=O) groups is 2.